The molecule has 0 unspecified atom stereocenters. The van der Waals surface area contributed by atoms with Gasteiger partial charge in [-0.05, 0) is 75.5 Å². The second kappa shape index (κ2) is 10.8. The van der Waals surface area contributed by atoms with E-state index in [4.69, 9.17) is 4.42 Å². The van der Waals surface area contributed by atoms with Crippen molar-refractivity contribution in [3.8, 4) is 5.69 Å². The molecule has 0 saturated heterocycles. The zero-order chi connectivity index (χ0) is 33.5. The molecule has 0 saturated carbocycles. The van der Waals surface area contributed by atoms with Gasteiger partial charge in [-0.3, -0.25) is 0 Å². The first-order chi connectivity index (χ1) is 25.3. The SMILES string of the molecule is c1ccc(-n2c3ccccc3c3ccc(N(c4cccc5c4oc4ccccc45)c4cccc5ccc6ccc7ccccc7c6c45)cc32)cc1. The molecule has 3 nitrogen and oxygen atoms in total. The predicted molar refractivity (Wildman–Crippen MR) is 215 cm³/mol. The first kappa shape index (κ1) is 28.0. The standard InChI is InChI=1S/C48H30N2O/c1-2-14-34(15-3-1)49-41-20-8-6-17-37(41)38-29-28-35(30-44(38)49)50(43-22-11-19-40-39-18-7-9-23-45(39)51-48(40)43)42-21-10-13-32-26-27-33-25-24-31-12-4-5-16-36(31)46(33)47(32)42/h1-30H. The number of furan rings is 1. The molecule has 0 spiro atoms. The van der Waals surface area contributed by atoms with Gasteiger partial charge in [-0.25, -0.2) is 0 Å². The molecule has 0 amide bonds. The van der Waals surface area contributed by atoms with Crippen LogP contribution in [-0.4, -0.2) is 4.57 Å². The Morgan fingerprint density at radius 3 is 1.90 bits per heavy atom. The number of benzene rings is 9. The Bertz CT molecular complexity index is 3150. The number of rotatable bonds is 4. The third-order valence-electron chi connectivity index (χ3n) is 10.5. The van der Waals surface area contributed by atoms with Crippen LogP contribution < -0.4 is 4.90 Å². The predicted octanol–water partition coefficient (Wildman–Crippen LogP) is 13.6. The van der Waals surface area contributed by atoms with Gasteiger partial charge < -0.3 is 13.9 Å². The molecule has 0 aliphatic heterocycles. The van der Waals surface area contributed by atoms with Crippen molar-refractivity contribution in [3.05, 3.63) is 182 Å². The first-order valence-corrected chi connectivity index (χ1v) is 17.4. The van der Waals surface area contributed by atoms with Gasteiger partial charge in [-0.2, -0.15) is 0 Å². The normalized spacial score (nSPS) is 11.9. The molecule has 51 heavy (non-hydrogen) atoms. The van der Waals surface area contributed by atoms with Crippen molar-refractivity contribution in [3.63, 3.8) is 0 Å². The second-order valence-electron chi connectivity index (χ2n) is 13.3. The number of hydrogen-bond donors (Lipinski definition) is 0. The van der Waals surface area contributed by atoms with Gasteiger partial charge >= 0.3 is 0 Å². The van der Waals surface area contributed by atoms with Crippen LogP contribution in [-0.2, 0) is 0 Å². The lowest BCUT2D eigenvalue weighted by molar-refractivity contribution is 0.669. The van der Waals surface area contributed by atoms with Crippen LogP contribution in [0.25, 0.3) is 81.7 Å². The van der Waals surface area contributed by atoms with E-state index in [2.05, 4.69) is 185 Å². The maximum atomic E-state index is 6.76. The minimum absolute atomic E-state index is 0.865. The maximum Gasteiger partial charge on any atom is 0.159 e. The Balaban J connectivity index is 1.29. The summed E-state index contributed by atoms with van der Waals surface area (Å²) in [7, 11) is 0. The van der Waals surface area contributed by atoms with Crippen LogP contribution in [0.5, 0.6) is 0 Å². The van der Waals surface area contributed by atoms with Crippen molar-refractivity contribution < 1.29 is 4.42 Å². The first-order valence-electron chi connectivity index (χ1n) is 17.4. The van der Waals surface area contributed by atoms with Crippen molar-refractivity contribution >= 4 is 93.1 Å². The highest BCUT2D eigenvalue weighted by Crippen LogP contribution is 2.47. The largest absolute Gasteiger partial charge is 0.454 e. The fourth-order valence-corrected chi connectivity index (χ4v) is 8.31. The Labute approximate surface area is 293 Å². The molecular weight excluding hydrogens is 621 g/mol. The van der Waals surface area contributed by atoms with Crippen molar-refractivity contribution in [2.45, 2.75) is 0 Å². The second-order valence-corrected chi connectivity index (χ2v) is 13.3. The maximum absolute atomic E-state index is 6.76. The number of para-hydroxylation sites is 4. The minimum Gasteiger partial charge on any atom is -0.454 e. The average Bonchev–Trinajstić information content (AvgIpc) is 3.74. The van der Waals surface area contributed by atoms with Crippen LogP contribution in [0.4, 0.5) is 17.1 Å². The summed E-state index contributed by atoms with van der Waals surface area (Å²) in [5.74, 6) is 0. The molecule has 238 valence electrons. The summed E-state index contributed by atoms with van der Waals surface area (Å²) in [6.07, 6.45) is 0. The van der Waals surface area contributed by atoms with E-state index in [1.54, 1.807) is 0 Å². The monoisotopic (exact) mass is 650 g/mol. The van der Waals surface area contributed by atoms with Crippen LogP contribution in [0, 0.1) is 0 Å². The average molecular weight is 651 g/mol. The zero-order valence-corrected chi connectivity index (χ0v) is 27.6. The lowest BCUT2D eigenvalue weighted by atomic mass is 9.94. The highest BCUT2D eigenvalue weighted by molar-refractivity contribution is 6.25. The van der Waals surface area contributed by atoms with Gasteiger partial charge in [0.25, 0.3) is 0 Å². The van der Waals surface area contributed by atoms with Crippen LogP contribution in [0.2, 0.25) is 0 Å². The van der Waals surface area contributed by atoms with Crippen LogP contribution in [0.3, 0.4) is 0 Å². The van der Waals surface area contributed by atoms with E-state index >= 15 is 0 Å². The summed E-state index contributed by atoms with van der Waals surface area (Å²) >= 11 is 0. The molecule has 11 rings (SSSR count). The summed E-state index contributed by atoms with van der Waals surface area (Å²) in [5, 5.41) is 12.0. The topological polar surface area (TPSA) is 21.3 Å². The van der Waals surface area contributed by atoms with Crippen molar-refractivity contribution in [2.75, 3.05) is 4.90 Å². The molecule has 0 aliphatic carbocycles. The summed E-state index contributed by atoms with van der Waals surface area (Å²) in [6, 6.07) is 65.6. The van der Waals surface area contributed by atoms with E-state index in [0.717, 1.165) is 50.2 Å². The molecule has 3 heteroatoms. The molecule has 2 aromatic heterocycles. The van der Waals surface area contributed by atoms with Gasteiger partial charge in [0.05, 0.1) is 22.4 Å². The van der Waals surface area contributed by atoms with E-state index in [9.17, 15) is 0 Å². The van der Waals surface area contributed by atoms with Crippen LogP contribution in [0.1, 0.15) is 0 Å². The number of anilines is 3. The molecule has 0 fully saturated rings. The minimum atomic E-state index is 0.865. The van der Waals surface area contributed by atoms with E-state index in [1.165, 1.54) is 48.6 Å². The Morgan fingerprint density at radius 1 is 0.392 bits per heavy atom. The number of aromatic nitrogens is 1. The number of hydrogen-bond acceptors (Lipinski definition) is 2. The Morgan fingerprint density at radius 2 is 1.02 bits per heavy atom. The Hall–Kier alpha value is -6.84. The third-order valence-corrected chi connectivity index (χ3v) is 10.5. The fraction of sp³-hybridized carbons (Fsp3) is 0. The van der Waals surface area contributed by atoms with Gasteiger partial charge in [0, 0.05) is 38.3 Å². The molecule has 9 aromatic carbocycles. The molecule has 0 aliphatic rings. The number of nitrogens with zero attached hydrogens (tertiary/aromatic N) is 2. The molecule has 11 aromatic rings. The molecule has 0 bridgehead atoms. The summed E-state index contributed by atoms with van der Waals surface area (Å²) in [4.78, 5) is 2.42. The fourth-order valence-electron chi connectivity index (χ4n) is 8.31. The van der Waals surface area contributed by atoms with Crippen molar-refractivity contribution in [1.29, 1.82) is 0 Å². The molecule has 0 N–H and O–H groups in total. The quantitative estimate of drug-likeness (QED) is 0.177. The summed E-state index contributed by atoms with van der Waals surface area (Å²) < 4.78 is 9.15. The molecule has 2 heterocycles. The molecule has 0 atom stereocenters. The summed E-state index contributed by atoms with van der Waals surface area (Å²) in [6.45, 7) is 0. The third kappa shape index (κ3) is 4.12. The lowest BCUT2D eigenvalue weighted by Gasteiger charge is -2.28. The number of fused-ring (bicyclic) bond motifs is 11. The lowest BCUT2D eigenvalue weighted by Crippen LogP contribution is -2.11. The van der Waals surface area contributed by atoms with Crippen molar-refractivity contribution in [2.24, 2.45) is 0 Å². The smallest absolute Gasteiger partial charge is 0.159 e. The van der Waals surface area contributed by atoms with E-state index in [1.807, 2.05) is 6.07 Å². The van der Waals surface area contributed by atoms with E-state index < -0.39 is 0 Å². The van der Waals surface area contributed by atoms with Crippen LogP contribution in [0.15, 0.2) is 186 Å². The van der Waals surface area contributed by atoms with E-state index in [-0.39, 0.29) is 0 Å². The van der Waals surface area contributed by atoms with Crippen molar-refractivity contribution in [1.82, 2.24) is 4.57 Å². The highest BCUT2D eigenvalue weighted by atomic mass is 16.3. The highest BCUT2D eigenvalue weighted by Gasteiger charge is 2.23. The molecular formula is C48H30N2O. The zero-order valence-electron chi connectivity index (χ0n) is 27.6. The Kier molecular flexibility index (Phi) is 5.96. The molecule has 0 radical (unpaired) electrons. The van der Waals surface area contributed by atoms with Crippen LogP contribution >= 0.6 is 0 Å². The van der Waals surface area contributed by atoms with Gasteiger partial charge in [-0.1, -0.05) is 133 Å². The van der Waals surface area contributed by atoms with Gasteiger partial charge in [-0.15, -0.1) is 0 Å². The van der Waals surface area contributed by atoms with Gasteiger partial charge in [0.15, 0.2) is 5.58 Å². The summed E-state index contributed by atoms with van der Waals surface area (Å²) in [5.41, 5.74) is 8.37. The van der Waals surface area contributed by atoms with E-state index in [0.29, 0.717) is 0 Å². The van der Waals surface area contributed by atoms with Gasteiger partial charge in [0.1, 0.15) is 5.58 Å². The van der Waals surface area contributed by atoms with Gasteiger partial charge in [0.2, 0.25) is 0 Å².